The molecule has 0 radical (unpaired) electrons. The van der Waals surface area contributed by atoms with Crippen LogP contribution in [0, 0.1) is 0 Å². The van der Waals surface area contributed by atoms with Crippen molar-refractivity contribution in [3.63, 3.8) is 0 Å². The largest absolute Gasteiger partial charge is 0.352 e. The molecule has 3 aromatic rings. The van der Waals surface area contributed by atoms with Gasteiger partial charge in [-0.05, 0) is 54.3 Å². The second-order valence-corrected chi connectivity index (χ2v) is 13.8. The van der Waals surface area contributed by atoms with Crippen LogP contribution in [0.5, 0.6) is 0 Å². The van der Waals surface area contributed by atoms with Crippen LogP contribution in [-0.2, 0) is 32.6 Å². The number of rotatable bonds is 11. The number of anilines is 1. The number of hydrogen-bond acceptors (Lipinski definition) is 4. The van der Waals surface area contributed by atoms with E-state index in [-0.39, 0.29) is 18.5 Å². The Labute approximate surface area is 253 Å². The normalized spacial score (nSPS) is 14.5. The lowest BCUT2D eigenvalue weighted by Crippen LogP contribution is -2.54. The van der Waals surface area contributed by atoms with Gasteiger partial charge in [-0.1, -0.05) is 93.2 Å². The summed E-state index contributed by atoms with van der Waals surface area (Å²) in [6, 6.07) is 23.2. The van der Waals surface area contributed by atoms with Crippen molar-refractivity contribution in [1.82, 2.24) is 10.2 Å². The van der Waals surface area contributed by atoms with E-state index in [1.54, 1.807) is 24.3 Å². The van der Waals surface area contributed by atoms with Gasteiger partial charge in [0.25, 0.3) is 0 Å². The fraction of sp³-hybridized carbons (Fsp3) is 0.333. The molecular weight excluding hydrogens is 658 g/mol. The van der Waals surface area contributed by atoms with Crippen LogP contribution in [0.4, 0.5) is 5.69 Å². The van der Waals surface area contributed by atoms with Crippen LogP contribution in [0.3, 0.4) is 0 Å². The number of halogens is 2. The molecule has 0 heterocycles. The van der Waals surface area contributed by atoms with Gasteiger partial charge in [0.1, 0.15) is 12.6 Å². The summed E-state index contributed by atoms with van der Waals surface area (Å²) in [5.41, 5.74) is 2.10. The predicted molar refractivity (Wildman–Crippen MR) is 165 cm³/mol. The number of carbonyl (C=O) groups excluding carboxylic acids is 2. The molecule has 0 saturated heterocycles. The highest BCUT2D eigenvalue weighted by molar-refractivity contribution is 9.10. The lowest BCUT2D eigenvalue weighted by atomic mass is 10.0. The number of nitrogens with zero attached hydrogens (tertiary/aromatic N) is 2. The highest BCUT2D eigenvalue weighted by atomic mass is 79.9. The number of benzene rings is 3. The second-order valence-electron chi connectivity index (χ2n) is 10.1. The van der Waals surface area contributed by atoms with Gasteiger partial charge in [-0.25, -0.2) is 8.42 Å². The third kappa shape index (κ3) is 8.41. The first-order valence-corrected chi connectivity index (χ1v) is 16.6. The van der Waals surface area contributed by atoms with Crippen molar-refractivity contribution in [3.05, 3.63) is 98.9 Å². The summed E-state index contributed by atoms with van der Waals surface area (Å²) >= 11 is 6.89. The molecule has 0 aliphatic heterocycles. The second kappa shape index (κ2) is 13.8. The van der Waals surface area contributed by atoms with Crippen LogP contribution in [0.15, 0.2) is 87.8 Å². The third-order valence-electron chi connectivity index (χ3n) is 6.99. The molecule has 40 heavy (non-hydrogen) atoms. The molecule has 212 valence electrons. The van der Waals surface area contributed by atoms with Crippen LogP contribution in [-0.4, -0.2) is 50.0 Å². The fourth-order valence-corrected chi connectivity index (χ4v) is 6.67. The van der Waals surface area contributed by atoms with Crippen LogP contribution >= 0.6 is 31.9 Å². The van der Waals surface area contributed by atoms with Crippen LogP contribution < -0.4 is 9.62 Å². The maximum absolute atomic E-state index is 14.1. The molecule has 2 amide bonds. The zero-order valence-corrected chi connectivity index (χ0v) is 26.3. The molecule has 0 aromatic heterocycles. The van der Waals surface area contributed by atoms with E-state index >= 15 is 0 Å². The zero-order chi connectivity index (χ0) is 28.7. The van der Waals surface area contributed by atoms with Gasteiger partial charge >= 0.3 is 0 Å². The Morgan fingerprint density at radius 2 is 1.52 bits per heavy atom. The summed E-state index contributed by atoms with van der Waals surface area (Å²) in [4.78, 5) is 29.5. The van der Waals surface area contributed by atoms with Crippen molar-refractivity contribution in [1.29, 1.82) is 0 Å². The molecular formula is C30H33Br2N3O4S. The van der Waals surface area contributed by atoms with E-state index in [4.69, 9.17) is 0 Å². The Kier molecular flexibility index (Phi) is 10.4. The molecule has 1 saturated carbocycles. The van der Waals surface area contributed by atoms with E-state index in [2.05, 4.69) is 37.2 Å². The van der Waals surface area contributed by atoms with Gasteiger partial charge in [-0.3, -0.25) is 13.9 Å². The fourth-order valence-electron chi connectivity index (χ4n) is 5.00. The number of nitrogens with one attached hydrogen (secondary N) is 1. The maximum atomic E-state index is 14.1. The summed E-state index contributed by atoms with van der Waals surface area (Å²) in [6.07, 6.45) is 5.32. The van der Waals surface area contributed by atoms with E-state index in [1.165, 1.54) is 4.90 Å². The molecule has 0 bridgehead atoms. The monoisotopic (exact) mass is 689 g/mol. The molecule has 1 fully saturated rings. The van der Waals surface area contributed by atoms with Crippen molar-refractivity contribution in [2.24, 2.45) is 0 Å². The molecule has 1 N–H and O–H groups in total. The SMILES string of the molecule is CS(=O)(=O)N(CC(=O)N(Cc1cccc(Br)c1)[C@H](Cc1ccccc1)C(=O)NC1CCCC1)c1cccc(Br)c1. The first kappa shape index (κ1) is 30.3. The molecule has 0 unspecified atom stereocenters. The minimum Gasteiger partial charge on any atom is -0.352 e. The number of amides is 2. The minimum absolute atomic E-state index is 0.0720. The van der Waals surface area contributed by atoms with Gasteiger partial charge in [-0.15, -0.1) is 0 Å². The Hall–Kier alpha value is -2.69. The van der Waals surface area contributed by atoms with Crippen molar-refractivity contribution in [2.75, 3.05) is 17.1 Å². The highest BCUT2D eigenvalue weighted by Gasteiger charge is 2.34. The van der Waals surface area contributed by atoms with Gasteiger partial charge < -0.3 is 10.2 Å². The number of sulfonamides is 1. The van der Waals surface area contributed by atoms with Crippen molar-refractivity contribution >= 4 is 59.4 Å². The van der Waals surface area contributed by atoms with E-state index in [1.807, 2.05) is 54.6 Å². The molecule has 4 rings (SSSR count). The molecule has 1 aliphatic rings. The van der Waals surface area contributed by atoms with E-state index in [0.717, 1.165) is 51.8 Å². The summed E-state index contributed by atoms with van der Waals surface area (Å²) < 4.78 is 28.4. The number of carbonyl (C=O) groups is 2. The smallest absolute Gasteiger partial charge is 0.244 e. The third-order valence-corrected chi connectivity index (χ3v) is 9.12. The van der Waals surface area contributed by atoms with Gasteiger partial charge in [0.15, 0.2) is 0 Å². The average molecular weight is 691 g/mol. The first-order valence-electron chi connectivity index (χ1n) is 13.2. The minimum atomic E-state index is -3.81. The average Bonchev–Trinajstić information content (AvgIpc) is 3.42. The summed E-state index contributed by atoms with van der Waals surface area (Å²) in [5.74, 6) is -0.694. The quantitative estimate of drug-likeness (QED) is 0.281. The van der Waals surface area contributed by atoms with Gasteiger partial charge in [0.05, 0.1) is 11.9 Å². The van der Waals surface area contributed by atoms with Crippen molar-refractivity contribution in [3.8, 4) is 0 Å². The Morgan fingerprint density at radius 1 is 0.900 bits per heavy atom. The summed E-state index contributed by atoms with van der Waals surface area (Å²) in [5, 5.41) is 3.17. The summed E-state index contributed by atoms with van der Waals surface area (Å²) in [6.45, 7) is -0.296. The highest BCUT2D eigenvalue weighted by Crippen LogP contribution is 2.24. The van der Waals surface area contributed by atoms with Crippen molar-refractivity contribution < 1.29 is 18.0 Å². The first-order chi connectivity index (χ1) is 19.1. The maximum Gasteiger partial charge on any atom is 0.244 e. The summed E-state index contributed by atoms with van der Waals surface area (Å²) in [7, 11) is -3.81. The Morgan fingerprint density at radius 3 is 2.15 bits per heavy atom. The van der Waals surface area contributed by atoms with Gasteiger partial charge in [-0.2, -0.15) is 0 Å². The molecule has 1 aliphatic carbocycles. The molecule has 7 nitrogen and oxygen atoms in total. The van der Waals surface area contributed by atoms with E-state index in [0.29, 0.717) is 16.6 Å². The zero-order valence-electron chi connectivity index (χ0n) is 22.3. The van der Waals surface area contributed by atoms with E-state index in [9.17, 15) is 18.0 Å². The van der Waals surface area contributed by atoms with E-state index < -0.39 is 28.5 Å². The standard InChI is InChI=1S/C30H33Br2N3O4S/c1-40(38,39)35(27-16-8-13-25(32)19-27)21-29(36)34(20-23-11-7-12-24(31)17-23)28(18-22-9-3-2-4-10-22)30(37)33-26-14-5-6-15-26/h2-4,7-13,16-17,19,26,28H,5-6,14-15,18,20-21H2,1H3,(H,33,37)/t28-/m1/s1. The van der Waals surface area contributed by atoms with Crippen LogP contribution in [0.25, 0.3) is 0 Å². The van der Waals surface area contributed by atoms with Crippen LogP contribution in [0.1, 0.15) is 36.8 Å². The topological polar surface area (TPSA) is 86.8 Å². The van der Waals surface area contributed by atoms with Gasteiger partial charge in [0, 0.05) is 28.0 Å². The van der Waals surface area contributed by atoms with Gasteiger partial charge in [0.2, 0.25) is 21.8 Å². The molecule has 3 aromatic carbocycles. The van der Waals surface area contributed by atoms with Crippen molar-refractivity contribution in [2.45, 2.75) is 50.7 Å². The van der Waals surface area contributed by atoms with Crippen LogP contribution in [0.2, 0.25) is 0 Å². The molecule has 0 spiro atoms. The Bertz CT molecular complexity index is 1430. The predicted octanol–water partition coefficient (Wildman–Crippen LogP) is 5.68. The molecule has 10 heteroatoms. The lowest BCUT2D eigenvalue weighted by molar-refractivity contribution is -0.140. The lowest BCUT2D eigenvalue weighted by Gasteiger charge is -2.34. The molecule has 1 atom stereocenters. The Balaban J connectivity index is 1.72. The number of hydrogen-bond donors (Lipinski definition) is 1.